The van der Waals surface area contributed by atoms with Gasteiger partial charge in [0.1, 0.15) is 5.75 Å². The first-order chi connectivity index (χ1) is 9.60. The number of hydrogen-bond donors (Lipinski definition) is 1. The Bertz CT molecular complexity index is 631. The van der Waals surface area contributed by atoms with Crippen LogP contribution in [0.15, 0.2) is 46.9 Å². The van der Waals surface area contributed by atoms with Crippen LogP contribution in [0.25, 0.3) is 0 Å². The smallest absolute Gasteiger partial charge is 0.255 e. The molecule has 1 amide bonds. The molecule has 20 heavy (non-hydrogen) atoms. The first-order valence-corrected chi connectivity index (χ1v) is 7.26. The lowest BCUT2D eigenvalue weighted by Gasteiger charge is -2.08. The summed E-state index contributed by atoms with van der Waals surface area (Å²) in [6, 6.07) is 12.3. The maximum Gasteiger partial charge on any atom is 0.255 e. The molecule has 5 heteroatoms. The van der Waals surface area contributed by atoms with Gasteiger partial charge in [-0.25, -0.2) is 0 Å². The molecule has 0 heterocycles. The number of carbonyl (C=O) groups is 1. The molecular formula is C15H13BrClNO2. The molecule has 0 atom stereocenters. The standard InChI is InChI=1S/C15H13BrClNO2/c1-2-20-12-5-3-4-11(9-12)18-15(19)10-6-7-13(16)14(17)8-10/h3-9H,2H2,1H3,(H,18,19). The second-order valence-corrected chi connectivity index (χ2v) is 5.31. The molecule has 3 nitrogen and oxygen atoms in total. The fourth-order valence-corrected chi connectivity index (χ4v) is 2.10. The number of anilines is 1. The Hall–Kier alpha value is -1.52. The van der Waals surface area contributed by atoms with Gasteiger partial charge in [-0.15, -0.1) is 0 Å². The van der Waals surface area contributed by atoms with E-state index in [-0.39, 0.29) is 5.91 Å². The summed E-state index contributed by atoms with van der Waals surface area (Å²) in [6.45, 7) is 2.49. The van der Waals surface area contributed by atoms with Crippen molar-refractivity contribution in [2.24, 2.45) is 0 Å². The van der Waals surface area contributed by atoms with E-state index in [1.54, 1.807) is 30.3 Å². The van der Waals surface area contributed by atoms with Gasteiger partial charge in [0.2, 0.25) is 0 Å². The summed E-state index contributed by atoms with van der Waals surface area (Å²) in [5.41, 5.74) is 1.18. The Morgan fingerprint density at radius 3 is 2.80 bits per heavy atom. The van der Waals surface area contributed by atoms with Crippen LogP contribution in [-0.2, 0) is 0 Å². The van der Waals surface area contributed by atoms with E-state index in [9.17, 15) is 4.79 Å². The molecule has 0 aromatic heterocycles. The molecule has 0 radical (unpaired) electrons. The molecule has 0 aliphatic heterocycles. The van der Waals surface area contributed by atoms with Crippen molar-refractivity contribution in [1.29, 1.82) is 0 Å². The van der Waals surface area contributed by atoms with Crippen LogP contribution in [0.5, 0.6) is 5.75 Å². The van der Waals surface area contributed by atoms with Crippen LogP contribution in [0, 0.1) is 0 Å². The molecule has 2 aromatic carbocycles. The molecule has 0 saturated carbocycles. The molecule has 0 bridgehead atoms. The summed E-state index contributed by atoms with van der Waals surface area (Å²) in [5, 5.41) is 3.31. The minimum absolute atomic E-state index is 0.215. The first kappa shape index (κ1) is 14.9. The van der Waals surface area contributed by atoms with Crippen molar-refractivity contribution in [1.82, 2.24) is 0 Å². The van der Waals surface area contributed by atoms with Crippen molar-refractivity contribution in [2.45, 2.75) is 6.92 Å². The molecule has 0 aliphatic rings. The predicted molar refractivity (Wildman–Crippen MR) is 84.7 cm³/mol. The lowest BCUT2D eigenvalue weighted by Crippen LogP contribution is -2.11. The van der Waals surface area contributed by atoms with Gasteiger partial charge < -0.3 is 10.1 Å². The van der Waals surface area contributed by atoms with Gasteiger partial charge in [-0.1, -0.05) is 17.7 Å². The molecule has 0 aliphatic carbocycles. The Balaban J connectivity index is 2.14. The van der Waals surface area contributed by atoms with E-state index < -0.39 is 0 Å². The van der Waals surface area contributed by atoms with Crippen molar-refractivity contribution in [2.75, 3.05) is 11.9 Å². The number of carbonyl (C=O) groups excluding carboxylic acids is 1. The average Bonchev–Trinajstić information content (AvgIpc) is 2.42. The maximum atomic E-state index is 12.1. The summed E-state index contributed by atoms with van der Waals surface area (Å²) < 4.78 is 6.15. The van der Waals surface area contributed by atoms with Gasteiger partial charge in [0.15, 0.2) is 0 Å². The van der Waals surface area contributed by atoms with E-state index in [4.69, 9.17) is 16.3 Å². The summed E-state index contributed by atoms with van der Waals surface area (Å²) in [5.74, 6) is 0.507. The lowest BCUT2D eigenvalue weighted by molar-refractivity contribution is 0.102. The van der Waals surface area contributed by atoms with Gasteiger partial charge in [0, 0.05) is 21.8 Å². The molecule has 0 fully saturated rings. The minimum Gasteiger partial charge on any atom is -0.494 e. The molecule has 0 unspecified atom stereocenters. The quantitative estimate of drug-likeness (QED) is 0.860. The van der Waals surface area contributed by atoms with Crippen LogP contribution >= 0.6 is 27.5 Å². The normalized spacial score (nSPS) is 10.2. The van der Waals surface area contributed by atoms with E-state index in [0.717, 1.165) is 10.2 Å². The van der Waals surface area contributed by atoms with E-state index >= 15 is 0 Å². The van der Waals surface area contributed by atoms with Gasteiger partial charge in [0.05, 0.1) is 11.6 Å². The van der Waals surface area contributed by atoms with E-state index in [0.29, 0.717) is 22.9 Å². The third kappa shape index (κ3) is 3.74. The summed E-state index contributed by atoms with van der Waals surface area (Å²) in [7, 11) is 0. The van der Waals surface area contributed by atoms with E-state index in [1.807, 2.05) is 19.1 Å². The van der Waals surface area contributed by atoms with Gasteiger partial charge in [-0.2, -0.15) is 0 Å². The van der Waals surface area contributed by atoms with Gasteiger partial charge in [-0.05, 0) is 53.2 Å². The lowest BCUT2D eigenvalue weighted by atomic mass is 10.2. The van der Waals surface area contributed by atoms with Crippen molar-refractivity contribution in [3.8, 4) is 5.75 Å². The third-order valence-electron chi connectivity index (χ3n) is 2.58. The van der Waals surface area contributed by atoms with Gasteiger partial charge in [0.25, 0.3) is 5.91 Å². The topological polar surface area (TPSA) is 38.3 Å². The largest absolute Gasteiger partial charge is 0.494 e. The number of benzene rings is 2. The zero-order chi connectivity index (χ0) is 14.5. The van der Waals surface area contributed by atoms with Crippen molar-refractivity contribution < 1.29 is 9.53 Å². The fourth-order valence-electron chi connectivity index (χ4n) is 1.67. The van der Waals surface area contributed by atoms with Crippen LogP contribution in [0.2, 0.25) is 5.02 Å². The van der Waals surface area contributed by atoms with Crippen LogP contribution in [0.4, 0.5) is 5.69 Å². The van der Waals surface area contributed by atoms with Crippen LogP contribution in [0.3, 0.4) is 0 Å². The van der Waals surface area contributed by atoms with E-state index in [2.05, 4.69) is 21.2 Å². The summed E-state index contributed by atoms with van der Waals surface area (Å²) >= 11 is 9.27. The molecule has 0 spiro atoms. The number of amides is 1. The summed E-state index contributed by atoms with van der Waals surface area (Å²) in [4.78, 5) is 12.1. The van der Waals surface area contributed by atoms with Crippen molar-refractivity contribution in [3.63, 3.8) is 0 Å². The molecular weight excluding hydrogens is 342 g/mol. The molecule has 0 saturated heterocycles. The number of nitrogens with one attached hydrogen (secondary N) is 1. The Morgan fingerprint density at radius 2 is 2.10 bits per heavy atom. The van der Waals surface area contributed by atoms with Crippen LogP contribution in [0.1, 0.15) is 17.3 Å². The van der Waals surface area contributed by atoms with E-state index in [1.165, 1.54) is 0 Å². The number of halogens is 2. The highest BCUT2D eigenvalue weighted by Gasteiger charge is 2.08. The zero-order valence-corrected chi connectivity index (χ0v) is 13.2. The molecule has 2 rings (SSSR count). The second-order valence-electron chi connectivity index (χ2n) is 4.04. The highest BCUT2D eigenvalue weighted by Crippen LogP contribution is 2.24. The molecule has 1 N–H and O–H groups in total. The maximum absolute atomic E-state index is 12.1. The highest BCUT2D eigenvalue weighted by molar-refractivity contribution is 9.10. The zero-order valence-electron chi connectivity index (χ0n) is 10.8. The first-order valence-electron chi connectivity index (χ1n) is 6.09. The number of hydrogen-bond acceptors (Lipinski definition) is 2. The Kier molecular flexibility index (Phi) is 5.04. The SMILES string of the molecule is CCOc1cccc(NC(=O)c2ccc(Br)c(Cl)c2)c1. The Labute approximate surface area is 131 Å². The van der Waals surface area contributed by atoms with Crippen LogP contribution in [-0.4, -0.2) is 12.5 Å². The van der Waals surface area contributed by atoms with Crippen molar-refractivity contribution in [3.05, 3.63) is 57.5 Å². The number of ether oxygens (including phenoxy) is 1. The number of rotatable bonds is 4. The minimum atomic E-state index is -0.215. The highest BCUT2D eigenvalue weighted by atomic mass is 79.9. The van der Waals surface area contributed by atoms with Gasteiger partial charge >= 0.3 is 0 Å². The third-order valence-corrected chi connectivity index (χ3v) is 3.82. The molecule has 2 aromatic rings. The predicted octanol–water partition coefficient (Wildman–Crippen LogP) is 4.75. The van der Waals surface area contributed by atoms with Crippen molar-refractivity contribution >= 4 is 39.1 Å². The van der Waals surface area contributed by atoms with Gasteiger partial charge in [-0.3, -0.25) is 4.79 Å². The average molecular weight is 355 g/mol. The fraction of sp³-hybridized carbons (Fsp3) is 0.133. The molecule has 104 valence electrons. The second kappa shape index (κ2) is 6.77. The Morgan fingerprint density at radius 1 is 1.30 bits per heavy atom. The summed E-state index contributed by atoms with van der Waals surface area (Å²) in [6.07, 6.45) is 0. The monoisotopic (exact) mass is 353 g/mol. The van der Waals surface area contributed by atoms with Crippen LogP contribution < -0.4 is 10.1 Å².